The van der Waals surface area contributed by atoms with Crippen molar-refractivity contribution < 1.29 is 13.2 Å². The monoisotopic (exact) mass is 352 g/mol. The molecule has 1 aliphatic heterocycles. The average Bonchev–Trinajstić information content (AvgIpc) is 2.54. The summed E-state index contributed by atoms with van der Waals surface area (Å²) in [6, 6.07) is 10.0. The number of methoxy groups -OCH3 is 1. The van der Waals surface area contributed by atoms with Gasteiger partial charge in [-0.2, -0.15) is 0 Å². The normalized spacial score (nSPS) is 13.8. The Labute approximate surface area is 140 Å². The standard InChI is InChI=1S/C16H17ClN2O3S/c1-22-15-7-5-12(17)9-16(15)23(20,21)19-13-6-4-11-3-2-8-18-14(11)10-13/h4-7,9-10,18-19H,2-3,8H2,1H3. The summed E-state index contributed by atoms with van der Waals surface area (Å²) in [5, 5.41) is 3.61. The minimum atomic E-state index is -3.79. The summed E-state index contributed by atoms with van der Waals surface area (Å²) in [4.78, 5) is 0.0122. The fourth-order valence-corrected chi connectivity index (χ4v) is 4.08. The molecular weight excluding hydrogens is 336 g/mol. The van der Waals surface area contributed by atoms with E-state index < -0.39 is 10.0 Å². The third kappa shape index (κ3) is 3.38. The molecule has 0 atom stereocenters. The third-order valence-electron chi connectivity index (χ3n) is 3.72. The molecule has 0 aliphatic carbocycles. The van der Waals surface area contributed by atoms with Crippen LogP contribution in [-0.2, 0) is 16.4 Å². The van der Waals surface area contributed by atoms with Crippen LogP contribution < -0.4 is 14.8 Å². The van der Waals surface area contributed by atoms with Crippen LogP contribution in [0.5, 0.6) is 5.75 Å². The van der Waals surface area contributed by atoms with Crippen molar-refractivity contribution in [3.8, 4) is 5.75 Å². The van der Waals surface area contributed by atoms with Crippen molar-refractivity contribution in [2.45, 2.75) is 17.7 Å². The van der Waals surface area contributed by atoms with Gasteiger partial charge in [-0.1, -0.05) is 17.7 Å². The third-order valence-corrected chi connectivity index (χ3v) is 5.35. The van der Waals surface area contributed by atoms with Crippen LogP contribution in [0, 0.1) is 0 Å². The first-order valence-electron chi connectivity index (χ1n) is 7.23. The number of hydrogen-bond acceptors (Lipinski definition) is 4. The number of nitrogens with one attached hydrogen (secondary N) is 2. The Hall–Kier alpha value is -1.92. The molecule has 0 aromatic heterocycles. The van der Waals surface area contributed by atoms with Crippen LogP contribution >= 0.6 is 11.6 Å². The zero-order valence-corrected chi connectivity index (χ0v) is 14.2. The smallest absolute Gasteiger partial charge is 0.265 e. The zero-order valence-electron chi connectivity index (χ0n) is 12.6. The highest BCUT2D eigenvalue weighted by atomic mass is 35.5. The summed E-state index contributed by atoms with van der Waals surface area (Å²) < 4.78 is 33.0. The van der Waals surface area contributed by atoms with Crippen molar-refractivity contribution in [3.63, 3.8) is 0 Å². The van der Waals surface area contributed by atoms with E-state index >= 15 is 0 Å². The summed E-state index contributed by atoms with van der Waals surface area (Å²) >= 11 is 5.92. The van der Waals surface area contributed by atoms with Crippen molar-refractivity contribution in [2.24, 2.45) is 0 Å². The van der Waals surface area contributed by atoms with Gasteiger partial charge in [0.1, 0.15) is 10.6 Å². The van der Waals surface area contributed by atoms with Crippen molar-refractivity contribution in [3.05, 3.63) is 47.0 Å². The molecule has 5 nitrogen and oxygen atoms in total. The predicted molar refractivity (Wildman–Crippen MR) is 92.1 cm³/mol. The maximum absolute atomic E-state index is 12.6. The van der Waals surface area contributed by atoms with Crippen molar-refractivity contribution in [2.75, 3.05) is 23.7 Å². The molecule has 122 valence electrons. The largest absolute Gasteiger partial charge is 0.495 e. The molecule has 0 unspecified atom stereocenters. The summed E-state index contributed by atoms with van der Waals surface area (Å²) in [6.45, 7) is 0.894. The SMILES string of the molecule is COc1ccc(Cl)cc1S(=O)(=O)Nc1ccc2c(c1)NCCC2. The minimum absolute atomic E-state index is 0.0122. The quantitative estimate of drug-likeness (QED) is 0.883. The lowest BCUT2D eigenvalue weighted by atomic mass is 10.0. The summed E-state index contributed by atoms with van der Waals surface area (Å²) in [7, 11) is -2.37. The second-order valence-electron chi connectivity index (χ2n) is 5.30. The number of sulfonamides is 1. The topological polar surface area (TPSA) is 67.4 Å². The molecule has 1 aliphatic rings. The van der Waals surface area contributed by atoms with Gasteiger partial charge in [0.2, 0.25) is 0 Å². The van der Waals surface area contributed by atoms with E-state index in [1.54, 1.807) is 12.1 Å². The number of benzene rings is 2. The van der Waals surface area contributed by atoms with Gasteiger partial charge >= 0.3 is 0 Å². The molecule has 1 heterocycles. The van der Waals surface area contributed by atoms with E-state index in [0.717, 1.165) is 25.1 Å². The Morgan fingerprint density at radius 3 is 2.83 bits per heavy atom. The van der Waals surface area contributed by atoms with Gasteiger partial charge in [-0.15, -0.1) is 0 Å². The van der Waals surface area contributed by atoms with Crippen LogP contribution in [0.25, 0.3) is 0 Å². The summed E-state index contributed by atoms with van der Waals surface area (Å²) in [5.41, 5.74) is 2.66. The molecule has 0 bridgehead atoms. The first kappa shape index (κ1) is 16.0. The maximum Gasteiger partial charge on any atom is 0.265 e. The molecule has 23 heavy (non-hydrogen) atoms. The van der Waals surface area contributed by atoms with E-state index in [-0.39, 0.29) is 10.6 Å². The van der Waals surface area contributed by atoms with Crippen molar-refractivity contribution in [1.29, 1.82) is 0 Å². The number of ether oxygens (including phenoxy) is 1. The Morgan fingerprint density at radius 2 is 2.04 bits per heavy atom. The molecule has 3 rings (SSSR count). The van der Waals surface area contributed by atoms with E-state index in [9.17, 15) is 8.42 Å². The number of anilines is 2. The van der Waals surface area contributed by atoms with Crippen LogP contribution in [0.2, 0.25) is 5.02 Å². The van der Waals surface area contributed by atoms with E-state index in [2.05, 4.69) is 10.0 Å². The Bertz CT molecular complexity index is 837. The average molecular weight is 353 g/mol. The van der Waals surface area contributed by atoms with E-state index in [1.807, 2.05) is 12.1 Å². The lowest BCUT2D eigenvalue weighted by Crippen LogP contribution is -2.16. The molecule has 0 saturated carbocycles. The van der Waals surface area contributed by atoms with E-state index in [1.165, 1.54) is 24.8 Å². The fourth-order valence-electron chi connectivity index (χ4n) is 2.60. The van der Waals surface area contributed by atoms with Gasteiger partial charge < -0.3 is 10.1 Å². The van der Waals surface area contributed by atoms with Crippen molar-refractivity contribution >= 4 is 33.0 Å². The number of hydrogen-bond donors (Lipinski definition) is 2. The van der Waals surface area contributed by atoms with E-state index in [0.29, 0.717) is 10.7 Å². The van der Waals surface area contributed by atoms with Crippen LogP contribution in [0.4, 0.5) is 11.4 Å². The Balaban J connectivity index is 1.94. The molecular formula is C16H17ClN2O3S. The Kier molecular flexibility index (Phi) is 4.37. The number of fused-ring (bicyclic) bond motifs is 1. The van der Waals surface area contributed by atoms with Crippen LogP contribution in [0.3, 0.4) is 0 Å². The van der Waals surface area contributed by atoms with Gasteiger partial charge in [-0.25, -0.2) is 8.42 Å². The molecule has 0 saturated heterocycles. The van der Waals surface area contributed by atoms with Gasteiger partial charge in [0.05, 0.1) is 12.8 Å². The van der Waals surface area contributed by atoms with Crippen molar-refractivity contribution in [1.82, 2.24) is 0 Å². The predicted octanol–water partition coefficient (Wildman–Crippen LogP) is 3.51. The minimum Gasteiger partial charge on any atom is -0.495 e. The molecule has 2 aromatic rings. The number of halogens is 1. The molecule has 0 spiro atoms. The van der Waals surface area contributed by atoms with Crippen LogP contribution in [0.15, 0.2) is 41.3 Å². The second-order valence-corrected chi connectivity index (χ2v) is 7.39. The molecule has 2 aromatic carbocycles. The first-order chi connectivity index (χ1) is 11.0. The molecule has 7 heteroatoms. The number of rotatable bonds is 4. The lowest BCUT2D eigenvalue weighted by molar-refractivity contribution is 0.403. The second kappa shape index (κ2) is 6.29. The van der Waals surface area contributed by atoms with Gasteiger partial charge in [0.15, 0.2) is 0 Å². The highest BCUT2D eigenvalue weighted by Gasteiger charge is 2.21. The molecule has 0 amide bonds. The lowest BCUT2D eigenvalue weighted by Gasteiger charge is -2.19. The molecule has 2 N–H and O–H groups in total. The Morgan fingerprint density at radius 1 is 1.22 bits per heavy atom. The fraction of sp³-hybridized carbons (Fsp3) is 0.250. The van der Waals surface area contributed by atoms with Crippen LogP contribution in [-0.4, -0.2) is 22.1 Å². The van der Waals surface area contributed by atoms with Crippen LogP contribution in [0.1, 0.15) is 12.0 Å². The van der Waals surface area contributed by atoms with Gasteiger partial charge in [-0.3, -0.25) is 4.72 Å². The molecule has 0 fully saturated rings. The highest BCUT2D eigenvalue weighted by Crippen LogP contribution is 2.30. The molecule has 0 radical (unpaired) electrons. The summed E-state index contributed by atoms with van der Waals surface area (Å²) in [5.74, 6) is 0.248. The highest BCUT2D eigenvalue weighted by molar-refractivity contribution is 7.92. The number of aryl methyl sites for hydroxylation is 1. The zero-order chi connectivity index (χ0) is 16.4. The first-order valence-corrected chi connectivity index (χ1v) is 9.09. The maximum atomic E-state index is 12.6. The summed E-state index contributed by atoms with van der Waals surface area (Å²) in [6.07, 6.45) is 2.08. The van der Waals surface area contributed by atoms with Gasteiger partial charge in [0, 0.05) is 17.3 Å². The van der Waals surface area contributed by atoms with Gasteiger partial charge in [-0.05, 0) is 48.7 Å². The van der Waals surface area contributed by atoms with E-state index in [4.69, 9.17) is 16.3 Å². The van der Waals surface area contributed by atoms with Gasteiger partial charge in [0.25, 0.3) is 10.0 Å².